The van der Waals surface area contributed by atoms with Gasteiger partial charge < -0.3 is 4.57 Å². The summed E-state index contributed by atoms with van der Waals surface area (Å²) in [5.74, 6) is -2.38. The van der Waals surface area contributed by atoms with E-state index in [1.807, 2.05) is 20.8 Å². The van der Waals surface area contributed by atoms with Gasteiger partial charge in [-0.1, -0.05) is 6.92 Å². The van der Waals surface area contributed by atoms with E-state index in [0.29, 0.717) is 11.1 Å². The lowest BCUT2D eigenvalue weighted by Gasteiger charge is -2.23. The fourth-order valence-corrected chi connectivity index (χ4v) is 5.55. The first-order chi connectivity index (χ1) is 17.5. The summed E-state index contributed by atoms with van der Waals surface area (Å²) in [5.41, 5.74) is 0.236. The standard InChI is InChI=1S/C27H30F2N2O5S2/c1-16(15-37(34)27(2,3)4)19-13-25(32)31(5)14-22(19)20-12-24(30-38(6,35)36)23(29)11-21(20)26(33)17-7-9-18(28)10-8-17/h7-14,16,30H,15H2,1-6H3/t16-,37-/m1/s1. The molecular formula is C27H30F2N2O5S2. The Hall–Kier alpha value is -3.18. The van der Waals surface area contributed by atoms with Crippen molar-refractivity contribution in [3.8, 4) is 11.1 Å². The molecule has 0 amide bonds. The number of aryl methyl sites for hydroxylation is 1. The minimum absolute atomic E-state index is 0.0872. The molecule has 0 radical (unpaired) electrons. The van der Waals surface area contributed by atoms with Crippen LogP contribution in [-0.2, 0) is 27.9 Å². The van der Waals surface area contributed by atoms with Gasteiger partial charge in [-0.05, 0) is 74.2 Å². The molecule has 0 bridgehead atoms. The molecule has 2 atom stereocenters. The third-order valence-electron chi connectivity index (χ3n) is 5.92. The van der Waals surface area contributed by atoms with Crippen LogP contribution in [0, 0.1) is 11.6 Å². The molecular weight excluding hydrogens is 534 g/mol. The molecule has 204 valence electrons. The number of carbonyl (C=O) groups is 1. The SMILES string of the molecule is C[C@H](C[S@@](=O)C(C)(C)C)c1cc(=O)n(C)cc1-c1cc(NS(C)(=O)=O)c(F)cc1C(=O)c1ccc(F)cc1. The summed E-state index contributed by atoms with van der Waals surface area (Å²) in [6.07, 6.45) is 2.35. The van der Waals surface area contributed by atoms with Crippen molar-refractivity contribution in [1.82, 2.24) is 4.57 Å². The number of halogens is 2. The molecule has 0 aliphatic carbocycles. The van der Waals surface area contributed by atoms with Crippen molar-refractivity contribution in [1.29, 1.82) is 0 Å². The predicted molar refractivity (Wildman–Crippen MR) is 147 cm³/mol. The topological polar surface area (TPSA) is 102 Å². The highest BCUT2D eigenvalue weighted by molar-refractivity contribution is 7.92. The Morgan fingerprint density at radius 3 is 2.24 bits per heavy atom. The first-order valence-electron chi connectivity index (χ1n) is 11.7. The summed E-state index contributed by atoms with van der Waals surface area (Å²) in [5, 5.41) is 0. The van der Waals surface area contributed by atoms with Crippen molar-refractivity contribution in [3.05, 3.63) is 87.3 Å². The number of pyridine rings is 1. The van der Waals surface area contributed by atoms with E-state index in [4.69, 9.17) is 0 Å². The van der Waals surface area contributed by atoms with Gasteiger partial charge in [0.1, 0.15) is 11.6 Å². The lowest BCUT2D eigenvalue weighted by Crippen LogP contribution is -2.27. The first kappa shape index (κ1) is 29.4. The number of anilines is 1. The van der Waals surface area contributed by atoms with Crippen molar-refractivity contribution in [2.75, 3.05) is 16.7 Å². The fraction of sp³-hybridized carbons (Fsp3) is 0.333. The van der Waals surface area contributed by atoms with E-state index in [9.17, 15) is 26.6 Å². The highest BCUT2D eigenvalue weighted by atomic mass is 32.2. The van der Waals surface area contributed by atoms with Crippen LogP contribution in [0.4, 0.5) is 14.5 Å². The zero-order chi connectivity index (χ0) is 28.6. The molecule has 3 rings (SSSR count). The van der Waals surface area contributed by atoms with Crippen molar-refractivity contribution < 1.29 is 26.2 Å². The largest absolute Gasteiger partial charge is 0.318 e. The number of benzene rings is 2. The number of hydrogen-bond donors (Lipinski definition) is 1. The number of rotatable bonds is 8. The van der Waals surface area contributed by atoms with Crippen LogP contribution in [0.15, 0.2) is 53.5 Å². The van der Waals surface area contributed by atoms with E-state index in [-0.39, 0.29) is 33.7 Å². The van der Waals surface area contributed by atoms with Crippen LogP contribution in [0.5, 0.6) is 0 Å². The van der Waals surface area contributed by atoms with Crippen LogP contribution >= 0.6 is 0 Å². The van der Waals surface area contributed by atoms with E-state index in [1.165, 1.54) is 42.1 Å². The molecule has 0 unspecified atom stereocenters. The molecule has 0 aliphatic rings. The maximum Gasteiger partial charge on any atom is 0.250 e. The zero-order valence-corrected chi connectivity index (χ0v) is 23.6. The summed E-state index contributed by atoms with van der Waals surface area (Å²) in [4.78, 5) is 26.1. The lowest BCUT2D eigenvalue weighted by molar-refractivity contribution is 0.103. The van der Waals surface area contributed by atoms with Crippen molar-refractivity contribution in [2.24, 2.45) is 7.05 Å². The maximum absolute atomic E-state index is 15.1. The maximum atomic E-state index is 15.1. The van der Waals surface area contributed by atoms with Gasteiger partial charge in [0.2, 0.25) is 10.0 Å². The smallest absolute Gasteiger partial charge is 0.250 e. The molecule has 3 aromatic rings. The van der Waals surface area contributed by atoms with Gasteiger partial charge in [-0.15, -0.1) is 0 Å². The van der Waals surface area contributed by atoms with Crippen LogP contribution in [0.25, 0.3) is 11.1 Å². The quantitative estimate of drug-likeness (QED) is 0.404. The van der Waals surface area contributed by atoms with Gasteiger partial charge in [0.05, 0.1) is 11.9 Å². The number of aromatic nitrogens is 1. The van der Waals surface area contributed by atoms with Crippen LogP contribution in [0.3, 0.4) is 0 Å². The van der Waals surface area contributed by atoms with Gasteiger partial charge in [0.15, 0.2) is 5.78 Å². The molecule has 0 fully saturated rings. The van der Waals surface area contributed by atoms with Gasteiger partial charge >= 0.3 is 0 Å². The summed E-state index contributed by atoms with van der Waals surface area (Å²) in [6, 6.07) is 8.22. The molecule has 11 heteroatoms. The van der Waals surface area contributed by atoms with Crippen LogP contribution < -0.4 is 10.3 Å². The third-order valence-corrected chi connectivity index (χ3v) is 8.68. The molecule has 0 spiro atoms. The number of hydrogen-bond acceptors (Lipinski definition) is 5. The molecule has 0 saturated carbocycles. The summed E-state index contributed by atoms with van der Waals surface area (Å²) >= 11 is 0. The summed E-state index contributed by atoms with van der Waals surface area (Å²) < 4.78 is 68.2. The fourth-order valence-electron chi connectivity index (χ4n) is 3.86. The highest BCUT2D eigenvalue weighted by Gasteiger charge is 2.27. The first-order valence-corrected chi connectivity index (χ1v) is 14.9. The van der Waals surface area contributed by atoms with Gasteiger partial charge in [-0.2, -0.15) is 0 Å². The average Bonchev–Trinajstić information content (AvgIpc) is 2.80. The normalized spacial score (nSPS) is 13.7. The third kappa shape index (κ3) is 6.82. The van der Waals surface area contributed by atoms with Gasteiger partial charge in [0.25, 0.3) is 5.56 Å². The molecule has 38 heavy (non-hydrogen) atoms. The molecule has 1 aromatic heterocycles. The second-order valence-corrected chi connectivity index (χ2v) is 14.2. The molecule has 1 heterocycles. The monoisotopic (exact) mass is 564 g/mol. The predicted octanol–water partition coefficient (Wildman–Crippen LogP) is 4.58. The van der Waals surface area contributed by atoms with Crippen LogP contribution in [-0.4, -0.2) is 39.7 Å². The molecule has 1 N–H and O–H groups in total. The minimum Gasteiger partial charge on any atom is -0.318 e. The van der Waals surface area contributed by atoms with Crippen LogP contribution in [0.1, 0.15) is 55.1 Å². The van der Waals surface area contributed by atoms with E-state index >= 15 is 4.39 Å². The Morgan fingerprint density at radius 1 is 1.08 bits per heavy atom. The molecule has 0 aliphatic heterocycles. The van der Waals surface area contributed by atoms with Crippen molar-refractivity contribution >= 4 is 32.3 Å². The number of nitrogens with one attached hydrogen (secondary N) is 1. The number of sulfonamides is 1. The Bertz CT molecular complexity index is 1570. The van der Waals surface area contributed by atoms with E-state index < -0.39 is 48.9 Å². The minimum atomic E-state index is -3.87. The van der Waals surface area contributed by atoms with Gasteiger partial charge in [0, 0.05) is 57.3 Å². The van der Waals surface area contributed by atoms with E-state index in [0.717, 1.165) is 24.5 Å². The summed E-state index contributed by atoms with van der Waals surface area (Å²) in [6.45, 7) is 7.30. The Kier molecular flexibility index (Phi) is 8.42. The number of carbonyl (C=O) groups excluding carboxylic acids is 1. The second kappa shape index (κ2) is 10.9. The Morgan fingerprint density at radius 2 is 1.68 bits per heavy atom. The second-order valence-electron chi connectivity index (χ2n) is 10.2. The van der Waals surface area contributed by atoms with Crippen LogP contribution in [0.2, 0.25) is 0 Å². The van der Waals surface area contributed by atoms with Gasteiger partial charge in [-0.3, -0.25) is 18.5 Å². The summed E-state index contributed by atoms with van der Waals surface area (Å²) in [7, 11) is -3.64. The van der Waals surface area contributed by atoms with E-state index in [1.54, 1.807) is 6.92 Å². The molecule has 0 saturated heterocycles. The Labute approximate surface area is 223 Å². The van der Waals surface area contributed by atoms with Crippen molar-refractivity contribution in [2.45, 2.75) is 38.4 Å². The van der Waals surface area contributed by atoms with Crippen molar-refractivity contribution in [3.63, 3.8) is 0 Å². The number of ketones is 1. The lowest BCUT2D eigenvalue weighted by atomic mass is 9.88. The zero-order valence-electron chi connectivity index (χ0n) is 22.0. The number of nitrogens with zero attached hydrogens (tertiary/aromatic N) is 1. The Balaban J connectivity index is 2.32. The highest BCUT2D eigenvalue weighted by Crippen LogP contribution is 2.36. The average molecular weight is 565 g/mol. The van der Waals surface area contributed by atoms with E-state index in [2.05, 4.69) is 4.72 Å². The molecule has 7 nitrogen and oxygen atoms in total. The van der Waals surface area contributed by atoms with Gasteiger partial charge in [-0.25, -0.2) is 17.2 Å². The molecule has 2 aromatic carbocycles.